The van der Waals surface area contributed by atoms with Gasteiger partial charge in [0.2, 0.25) is 0 Å². The molecule has 0 aromatic carbocycles. The lowest BCUT2D eigenvalue weighted by Gasteiger charge is -2.08. The summed E-state index contributed by atoms with van der Waals surface area (Å²) in [4.78, 5) is 12.6. The molecule has 0 saturated heterocycles. The maximum atomic E-state index is 11.0. The molecule has 0 heterocycles. The summed E-state index contributed by atoms with van der Waals surface area (Å²) in [6, 6.07) is 0. The third-order valence-corrected chi connectivity index (χ3v) is 3.44. The zero-order chi connectivity index (χ0) is 10.9. The smallest absolute Gasteiger partial charge is 0.179 e. The fourth-order valence-corrected chi connectivity index (χ4v) is 2.27. The molecule has 1 aliphatic rings. The van der Waals surface area contributed by atoms with E-state index in [-0.39, 0.29) is 11.2 Å². The quantitative estimate of drug-likeness (QED) is 0.505. The molecule has 0 aromatic rings. The Morgan fingerprint density at radius 3 is 2.50 bits per heavy atom. The first-order valence-electron chi connectivity index (χ1n) is 5.00. The Labute approximate surface area is 85.7 Å². The molecule has 2 atom stereocenters. The fourth-order valence-electron chi connectivity index (χ4n) is 2.27. The van der Waals surface area contributed by atoms with Gasteiger partial charge < -0.3 is 9.69 Å². The van der Waals surface area contributed by atoms with E-state index in [1.54, 1.807) is 18.9 Å². The first kappa shape index (κ1) is 11.0. The van der Waals surface area contributed by atoms with Crippen molar-refractivity contribution < 1.29 is 4.79 Å². The second-order valence-electron chi connectivity index (χ2n) is 4.92. The van der Waals surface area contributed by atoms with E-state index in [1.807, 2.05) is 0 Å². The van der Waals surface area contributed by atoms with Gasteiger partial charge in [0.05, 0.1) is 0 Å². The summed E-state index contributed by atoms with van der Waals surface area (Å²) in [7, 11) is 1.79. The Morgan fingerprint density at radius 1 is 1.50 bits per heavy atom. The Hall–Kier alpha value is -1.04. The lowest BCUT2D eigenvalue weighted by atomic mass is 10.1. The van der Waals surface area contributed by atoms with Crippen molar-refractivity contribution in [3.05, 3.63) is 0 Å². The van der Waals surface area contributed by atoms with Gasteiger partial charge >= 0.3 is 0 Å². The zero-order valence-corrected chi connectivity index (χ0v) is 9.37. The van der Waals surface area contributed by atoms with Crippen molar-refractivity contribution in [1.29, 1.82) is 5.26 Å². The van der Waals surface area contributed by atoms with Gasteiger partial charge in [0, 0.05) is 20.0 Å². The molecule has 1 aliphatic carbocycles. The standard InChI is InChI=1S/C11H18N2O/c1-8(14)5-9-10(11(9,2)3)6-13(4)7-12/h9-10H,5-6H2,1-4H3/t9-,10+/m0/s1. The third-order valence-electron chi connectivity index (χ3n) is 3.44. The van der Waals surface area contributed by atoms with Crippen LogP contribution < -0.4 is 0 Å². The number of carbonyl (C=O) groups excluding carboxylic acids is 1. The fraction of sp³-hybridized carbons (Fsp3) is 0.818. The minimum absolute atomic E-state index is 0.233. The molecule has 1 rings (SSSR count). The average Bonchev–Trinajstić information content (AvgIpc) is 2.55. The van der Waals surface area contributed by atoms with Gasteiger partial charge in [-0.3, -0.25) is 0 Å². The van der Waals surface area contributed by atoms with Crippen molar-refractivity contribution in [1.82, 2.24) is 4.90 Å². The normalized spacial score (nSPS) is 27.9. The van der Waals surface area contributed by atoms with Crippen LogP contribution in [0.5, 0.6) is 0 Å². The summed E-state index contributed by atoms with van der Waals surface area (Å²) in [6.45, 7) is 6.77. The van der Waals surface area contributed by atoms with Crippen molar-refractivity contribution in [2.45, 2.75) is 27.2 Å². The molecule has 14 heavy (non-hydrogen) atoms. The number of Topliss-reactive ketones (excluding diaryl/α,β-unsaturated/α-hetero) is 1. The molecule has 0 bridgehead atoms. The summed E-state index contributed by atoms with van der Waals surface area (Å²) in [5.74, 6) is 1.22. The highest BCUT2D eigenvalue weighted by Gasteiger charge is 2.57. The molecular formula is C11H18N2O. The highest BCUT2D eigenvalue weighted by atomic mass is 16.1. The van der Waals surface area contributed by atoms with Crippen molar-refractivity contribution in [2.75, 3.05) is 13.6 Å². The molecule has 0 aliphatic heterocycles. The largest absolute Gasteiger partial charge is 0.313 e. The molecule has 0 unspecified atom stereocenters. The van der Waals surface area contributed by atoms with Crippen molar-refractivity contribution in [3.8, 4) is 6.19 Å². The second-order valence-corrected chi connectivity index (χ2v) is 4.92. The summed E-state index contributed by atoms with van der Waals surface area (Å²) >= 11 is 0. The SMILES string of the molecule is CC(=O)C[C@H]1[C@@H](CN(C)C#N)C1(C)C. The van der Waals surface area contributed by atoms with Crippen molar-refractivity contribution >= 4 is 5.78 Å². The third kappa shape index (κ3) is 2.06. The Morgan fingerprint density at radius 2 is 2.07 bits per heavy atom. The Kier molecular flexibility index (Phi) is 2.84. The van der Waals surface area contributed by atoms with Crippen LogP contribution in [0.3, 0.4) is 0 Å². The van der Waals surface area contributed by atoms with Crippen molar-refractivity contribution in [3.63, 3.8) is 0 Å². The molecule has 1 saturated carbocycles. The molecule has 78 valence electrons. The number of ketones is 1. The number of hydrogen-bond acceptors (Lipinski definition) is 3. The first-order valence-corrected chi connectivity index (χ1v) is 5.00. The summed E-state index contributed by atoms with van der Waals surface area (Å²) in [5, 5.41) is 8.66. The highest BCUT2D eigenvalue weighted by Crippen LogP contribution is 2.60. The van der Waals surface area contributed by atoms with Gasteiger partial charge in [-0.1, -0.05) is 13.8 Å². The van der Waals surface area contributed by atoms with Gasteiger partial charge in [0.1, 0.15) is 5.78 Å². The van der Waals surface area contributed by atoms with E-state index in [0.717, 1.165) is 6.54 Å². The number of nitrogens with zero attached hydrogens (tertiary/aromatic N) is 2. The lowest BCUT2D eigenvalue weighted by Crippen LogP contribution is -2.16. The van der Waals surface area contributed by atoms with Crippen LogP contribution in [0.2, 0.25) is 0 Å². The van der Waals surface area contributed by atoms with E-state index in [9.17, 15) is 4.79 Å². The molecule has 0 N–H and O–H groups in total. The van der Waals surface area contributed by atoms with E-state index >= 15 is 0 Å². The van der Waals surface area contributed by atoms with E-state index in [1.165, 1.54) is 0 Å². The number of rotatable bonds is 4. The molecule has 0 spiro atoms. The van der Waals surface area contributed by atoms with Gasteiger partial charge in [-0.2, -0.15) is 5.26 Å². The summed E-state index contributed by atoms with van der Waals surface area (Å²) < 4.78 is 0. The lowest BCUT2D eigenvalue weighted by molar-refractivity contribution is -0.117. The van der Waals surface area contributed by atoms with Crippen LogP contribution in [-0.2, 0) is 4.79 Å². The zero-order valence-electron chi connectivity index (χ0n) is 9.37. The monoisotopic (exact) mass is 194 g/mol. The van der Waals surface area contributed by atoms with Crippen LogP contribution in [0, 0.1) is 28.7 Å². The van der Waals surface area contributed by atoms with Gasteiger partial charge in [-0.15, -0.1) is 0 Å². The molecule has 3 heteroatoms. The van der Waals surface area contributed by atoms with Crippen LogP contribution in [-0.4, -0.2) is 24.3 Å². The van der Waals surface area contributed by atoms with E-state index < -0.39 is 0 Å². The topological polar surface area (TPSA) is 44.1 Å². The maximum absolute atomic E-state index is 11.0. The average molecular weight is 194 g/mol. The van der Waals surface area contributed by atoms with Gasteiger partial charge in [-0.05, 0) is 24.2 Å². The Bertz CT molecular complexity index is 278. The Balaban J connectivity index is 2.49. The minimum atomic E-state index is 0.233. The molecule has 0 aromatic heterocycles. The van der Waals surface area contributed by atoms with Gasteiger partial charge in [0.15, 0.2) is 6.19 Å². The van der Waals surface area contributed by atoms with Crippen LogP contribution >= 0.6 is 0 Å². The predicted octanol–water partition coefficient (Wildman–Crippen LogP) is 1.65. The minimum Gasteiger partial charge on any atom is -0.313 e. The van der Waals surface area contributed by atoms with Gasteiger partial charge in [0.25, 0.3) is 0 Å². The van der Waals surface area contributed by atoms with E-state index in [2.05, 4.69) is 20.0 Å². The van der Waals surface area contributed by atoms with E-state index in [4.69, 9.17) is 5.26 Å². The van der Waals surface area contributed by atoms with Crippen LogP contribution in [0.4, 0.5) is 0 Å². The highest BCUT2D eigenvalue weighted by molar-refractivity contribution is 5.76. The number of carbonyl (C=O) groups is 1. The first-order chi connectivity index (χ1) is 6.39. The van der Waals surface area contributed by atoms with E-state index in [0.29, 0.717) is 18.3 Å². The number of nitriles is 1. The predicted molar refractivity (Wildman–Crippen MR) is 54.3 cm³/mol. The summed E-state index contributed by atoms with van der Waals surface area (Å²) in [6.07, 6.45) is 2.76. The van der Waals surface area contributed by atoms with Crippen LogP contribution in [0.15, 0.2) is 0 Å². The summed E-state index contributed by atoms with van der Waals surface area (Å²) in [5.41, 5.74) is 0.233. The maximum Gasteiger partial charge on any atom is 0.179 e. The molecule has 3 nitrogen and oxygen atoms in total. The van der Waals surface area contributed by atoms with Crippen LogP contribution in [0.1, 0.15) is 27.2 Å². The second kappa shape index (κ2) is 3.61. The van der Waals surface area contributed by atoms with Crippen LogP contribution in [0.25, 0.3) is 0 Å². The number of hydrogen-bond donors (Lipinski definition) is 0. The van der Waals surface area contributed by atoms with Crippen molar-refractivity contribution in [2.24, 2.45) is 17.3 Å². The van der Waals surface area contributed by atoms with Gasteiger partial charge in [-0.25, -0.2) is 0 Å². The molecular weight excluding hydrogens is 176 g/mol. The molecule has 0 amide bonds. The molecule has 0 radical (unpaired) electrons. The molecule has 1 fully saturated rings.